The highest BCUT2D eigenvalue weighted by atomic mass is 32.1. The Kier molecular flexibility index (Phi) is 15.2. The number of piperazine rings is 1. The Bertz CT molecular complexity index is 2970. The lowest BCUT2D eigenvalue weighted by Gasteiger charge is -2.34. The van der Waals surface area contributed by atoms with E-state index >= 15 is 0 Å². The highest BCUT2D eigenvalue weighted by Crippen LogP contribution is 2.34. The summed E-state index contributed by atoms with van der Waals surface area (Å²) >= 11 is 1.62. The number of thiazole rings is 1. The summed E-state index contributed by atoms with van der Waals surface area (Å²) in [5.74, 6) is -0.894. The SMILES string of the molecule is CC(C)(C)c1cc(NC(=O)Nc2ccc(-c3cn4c(n3)sc3ccc(OCCN5CCN(CCOCCOCCNC(=O)CNc6cccc7c6C(=O)N(C6CCC(=O)NC6=O)C7=O)CC5)cc34)cc2)no1. The smallest absolute Gasteiger partial charge is 0.324 e. The number of nitrogens with zero attached hydrogens (tertiary/aromatic N) is 6. The van der Waals surface area contributed by atoms with E-state index in [2.05, 4.69) is 58.1 Å². The lowest BCUT2D eigenvalue weighted by Crippen LogP contribution is -2.54. The zero-order chi connectivity index (χ0) is 50.4. The molecular formula is C50H57N11O10S. The summed E-state index contributed by atoms with van der Waals surface area (Å²) in [6.07, 6.45) is 2.11. The molecule has 0 spiro atoms. The van der Waals surface area contributed by atoms with Crippen LogP contribution < -0.4 is 31.3 Å². The van der Waals surface area contributed by atoms with Gasteiger partial charge >= 0.3 is 6.03 Å². The van der Waals surface area contributed by atoms with E-state index < -0.39 is 35.7 Å². The van der Waals surface area contributed by atoms with Crippen LogP contribution in [-0.2, 0) is 29.3 Å². The second-order valence-electron chi connectivity index (χ2n) is 18.6. The number of benzene rings is 3. The molecule has 9 rings (SSSR count). The maximum absolute atomic E-state index is 13.3. The third-order valence-corrected chi connectivity index (χ3v) is 13.6. The van der Waals surface area contributed by atoms with E-state index in [9.17, 15) is 28.8 Å². The quantitative estimate of drug-likeness (QED) is 0.0510. The van der Waals surface area contributed by atoms with Gasteiger partial charge in [0.05, 0.1) is 60.0 Å². The number of ether oxygens (including phenoxy) is 3. The number of hydrogen-bond donors (Lipinski definition) is 5. The molecule has 7 amide bonds. The van der Waals surface area contributed by atoms with Crippen molar-refractivity contribution < 1.29 is 47.5 Å². The molecule has 6 heterocycles. The van der Waals surface area contributed by atoms with Crippen LogP contribution >= 0.6 is 11.3 Å². The minimum Gasteiger partial charge on any atom is -0.492 e. The van der Waals surface area contributed by atoms with Gasteiger partial charge in [-0.05, 0) is 42.8 Å². The number of anilines is 3. The van der Waals surface area contributed by atoms with Crippen LogP contribution in [0.4, 0.5) is 22.0 Å². The lowest BCUT2D eigenvalue weighted by atomic mass is 9.93. The number of aromatic nitrogens is 3. The van der Waals surface area contributed by atoms with Gasteiger partial charge in [0.2, 0.25) is 17.7 Å². The number of imidazole rings is 1. The van der Waals surface area contributed by atoms with E-state index in [4.69, 9.17) is 23.7 Å². The molecule has 3 aromatic carbocycles. The maximum Gasteiger partial charge on any atom is 0.324 e. The molecule has 0 radical (unpaired) electrons. The summed E-state index contributed by atoms with van der Waals surface area (Å²) in [5.41, 5.74) is 3.71. The first-order chi connectivity index (χ1) is 34.8. The van der Waals surface area contributed by atoms with Crippen LogP contribution in [0.15, 0.2) is 77.4 Å². The van der Waals surface area contributed by atoms with Crippen LogP contribution in [0.2, 0.25) is 0 Å². The molecule has 0 aliphatic carbocycles. The Morgan fingerprint density at radius 3 is 2.35 bits per heavy atom. The Morgan fingerprint density at radius 2 is 1.61 bits per heavy atom. The fraction of sp³-hybridized carbons (Fsp3) is 0.400. The molecule has 0 saturated carbocycles. The number of imide groups is 2. The van der Waals surface area contributed by atoms with E-state index in [1.54, 1.807) is 29.5 Å². The van der Waals surface area contributed by atoms with E-state index in [0.29, 0.717) is 56.0 Å². The summed E-state index contributed by atoms with van der Waals surface area (Å²) in [6.45, 7) is 13.8. The predicted octanol–water partition coefficient (Wildman–Crippen LogP) is 4.80. The number of carbonyl (C=O) groups excluding carboxylic acids is 6. The van der Waals surface area contributed by atoms with Crippen LogP contribution in [0.5, 0.6) is 5.75 Å². The van der Waals surface area contributed by atoms with Crippen LogP contribution in [-0.4, -0.2) is 156 Å². The Balaban J connectivity index is 0.618. The van der Waals surface area contributed by atoms with Crippen molar-refractivity contribution in [1.29, 1.82) is 0 Å². The molecule has 3 aromatic heterocycles. The van der Waals surface area contributed by atoms with Crippen molar-refractivity contribution in [3.63, 3.8) is 0 Å². The molecule has 72 heavy (non-hydrogen) atoms. The van der Waals surface area contributed by atoms with Gasteiger partial charge in [0.25, 0.3) is 11.8 Å². The second kappa shape index (κ2) is 22.0. The van der Waals surface area contributed by atoms with Crippen molar-refractivity contribution in [1.82, 2.24) is 39.9 Å². The molecule has 2 saturated heterocycles. The summed E-state index contributed by atoms with van der Waals surface area (Å²) in [5, 5.41) is 17.4. The molecular weight excluding hydrogens is 947 g/mol. The molecule has 2 fully saturated rings. The third-order valence-electron chi connectivity index (χ3n) is 12.5. The molecule has 378 valence electrons. The van der Waals surface area contributed by atoms with Gasteiger partial charge in [0.1, 0.15) is 24.2 Å². The number of nitrogens with one attached hydrogen (secondary N) is 5. The van der Waals surface area contributed by atoms with E-state index in [1.807, 2.05) is 57.3 Å². The first-order valence-corrected chi connectivity index (χ1v) is 24.7. The summed E-state index contributed by atoms with van der Waals surface area (Å²) < 4.78 is 26.2. The number of rotatable bonds is 20. The van der Waals surface area contributed by atoms with Crippen molar-refractivity contribution in [3.05, 3.63) is 89.8 Å². The number of amides is 7. The molecule has 3 aliphatic heterocycles. The highest BCUT2D eigenvalue weighted by molar-refractivity contribution is 7.23. The zero-order valence-electron chi connectivity index (χ0n) is 40.3. The molecule has 5 N–H and O–H groups in total. The number of urea groups is 1. The number of fused-ring (bicyclic) bond motifs is 4. The number of carbonyl (C=O) groups is 6. The second-order valence-corrected chi connectivity index (χ2v) is 19.6. The Labute approximate surface area is 418 Å². The van der Waals surface area contributed by atoms with Crippen LogP contribution in [0.25, 0.3) is 26.4 Å². The van der Waals surface area contributed by atoms with Crippen molar-refractivity contribution in [3.8, 4) is 17.0 Å². The molecule has 22 heteroatoms. The third kappa shape index (κ3) is 11.7. The van der Waals surface area contributed by atoms with Crippen molar-refractivity contribution in [2.24, 2.45) is 0 Å². The minimum absolute atomic E-state index is 0.0263. The first kappa shape index (κ1) is 49.7. The fourth-order valence-electron chi connectivity index (χ4n) is 8.60. The number of piperidine rings is 1. The molecule has 1 atom stereocenters. The van der Waals surface area contributed by atoms with Gasteiger partial charge in [0.15, 0.2) is 10.8 Å². The van der Waals surface area contributed by atoms with Crippen LogP contribution in [0, 0.1) is 0 Å². The standard InChI is InChI=1S/C50H57N11O10S/c1-50(2,3)40-28-41(57-71-40)55-48(67)53-32-9-7-31(8-10-32)36-30-60-38-27-33(11-13-39(38)72-49(60)54-36)70-24-21-59-18-16-58(17-19-59)20-23-69-26-25-68-22-15-51-43(63)29-52-35-6-4-5-34-44(35)47(66)61(46(34)65)37-12-14-42(62)56-45(37)64/h4-11,13,27-28,30,37,52H,12,14-26,29H2,1-3H3,(H,51,63)(H,56,62,64)(H2,53,55,57,67). The van der Waals surface area contributed by atoms with Gasteiger partial charge in [-0.1, -0.05) is 55.5 Å². The van der Waals surface area contributed by atoms with Crippen molar-refractivity contribution >= 4 is 79.3 Å². The average Bonchev–Trinajstić information content (AvgIpc) is 4.14. The van der Waals surface area contributed by atoms with Crippen LogP contribution in [0.1, 0.15) is 60.1 Å². The summed E-state index contributed by atoms with van der Waals surface area (Å²) in [4.78, 5) is 86.9. The first-order valence-electron chi connectivity index (χ1n) is 23.9. The molecule has 21 nitrogen and oxygen atoms in total. The monoisotopic (exact) mass is 1000 g/mol. The summed E-state index contributed by atoms with van der Waals surface area (Å²) in [7, 11) is 0. The largest absolute Gasteiger partial charge is 0.492 e. The minimum atomic E-state index is -1.07. The molecule has 1 unspecified atom stereocenters. The van der Waals surface area contributed by atoms with Crippen LogP contribution in [0.3, 0.4) is 0 Å². The lowest BCUT2D eigenvalue weighted by molar-refractivity contribution is -0.136. The van der Waals surface area contributed by atoms with Gasteiger partial charge < -0.3 is 34.7 Å². The Morgan fingerprint density at radius 1 is 0.861 bits per heavy atom. The highest BCUT2D eigenvalue weighted by Gasteiger charge is 2.45. The van der Waals surface area contributed by atoms with Crippen molar-refractivity contribution in [2.45, 2.75) is 45.1 Å². The zero-order valence-corrected chi connectivity index (χ0v) is 41.1. The predicted molar refractivity (Wildman–Crippen MR) is 268 cm³/mol. The van der Waals surface area contributed by atoms with E-state index in [-0.39, 0.29) is 48.4 Å². The van der Waals surface area contributed by atoms with Gasteiger partial charge in [0, 0.05) is 92.9 Å². The van der Waals surface area contributed by atoms with Gasteiger partial charge in [-0.15, -0.1) is 0 Å². The molecule has 0 bridgehead atoms. The van der Waals surface area contributed by atoms with Gasteiger partial charge in [-0.25, -0.2) is 9.78 Å². The van der Waals surface area contributed by atoms with E-state index in [0.717, 1.165) is 76.4 Å². The number of hydrogen-bond acceptors (Lipinski definition) is 16. The van der Waals surface area contributed by atoms with Gasteiger partial charge in [-0.3, -0.25) is 53.7 Å². The molecule has 6 aromatic rings. The Hall–Kier alpha value is -7.24. The van der Waals surface area contributed by atoms with Crippen molar-refractivity contribution in [2.75, 3.05) is 101 Å². The average molecular weight is 1000 g/mol. The normalized spacial score (nSPS) is 16.6. The van der Waals surface area contributed by atoms with Gasteiger partial charge in [-0.2, -0.15) is 0 Å². The van der Waals surface area contributed by atoms with E-state index in [1.165, 1.54) is 6.07 Å². The maximum atomic E-state index is 13.3. The topological polar surface area (TPSA) is 243 Å². The fourth-order valence-corrected chi connectivity index (χ4v) is 9.59. The molecule has 3 aliphatic rings. The summed E-state index contributed by atoms with van der Waals surface area (Å²) in [6, 6.07) is 18.6.